The third-order valence-corrected chi connectivity index (χ3v) is 2.93. The van der Waals surface area contributed by atoms with E-state index >= 15 is 0 Å². The molecule has 2 aromatic carbocycles. The van der Waals surface area contributed by atoms with Crippen LogP contribution in [0.15, 0.2) is 48.5 Å². The van der Waals surface area contributed by atoms with Gasteiger partial charge in [0.1, 0.15) is 0 Å². The molecule has 0 aliphatic heterocycles. The highest BCUT2D eigenvalue weighted by molar-refractivity contribution is 6.30. The molecule has 0 aliphatic carbocycles. The Labute approximate surface area is 128 Å². The monoisotopic (exact) mass is 299 g/mol. The van der Waals surface area contributed by atoms with Gasteiger partial charge in [-0.2, -0.15) is 0 Å². The molecule has 0 fully saturated rings. The van der Waals surface area contributed by atoms with Gasteiger partial charge in [0.2, 0.25) is 0 Å². The third-order valence-electron chi connectivity index (χ3n) is 2.70. The highest BCUT2D eigenvalue weighted by Gasteiger charge is 2.05. The lowest BCUT2D eigenvalue weighted by Gasteiger charge is -2.05. The molecular weight excluding hydrogens is 286 g/mol. The van der Waals surface area contributed by atoms with Crippen LogP contribution in [-0.4, -0.2) is 17.6 Å². The van der Waals surface area contributed by atoms with Crippen molar-refractivity contribution >= 4 is 23.2 Å². The highest BCUT2D eigenvalue weighted by Crippen LogP contribution is 2.16. The predicted octanol–water partition coefficient (Wildman–Crippen LogP) is 3.33. The molecule has 0 radical (unpaired) electrons. The van der Waals surface area contributed by atoms with Crippen molar-refractivity contribution in [1.82, 2.24) is 0 Å². The molecule has 2 N–H and O–H groups in total. The summed E-state index contributed by atoms with van der Waals surface area (Å²) < 4.78 is 0. The average Bonchev–Trinajstić information content (AvgIpc) is 2.48. The van der Waals surface area contributed by atoms with Gasteiger partial charge in [0, 0.05) is 28.3 Å². The first-order valence-corrected chi connectivity index (χ1v) is 6.83. The minimum atomic E-state index is -0.202. The van der Waals surface area contributed by atoms with Crippen LogP contribution in [0.2, 0.25) is 5.02 Å². The van der Waals surface area contributed by atoms with Gasteiger partial charge in [-0.3, -0.25) is 4.79 Å². The van der Waals surface area contributed by atoms with Crippen LogP contribution in [0, 0.1) is 11.8 Å². The van der Waals surface area contributed by atoms with Crippen LogP contribution in [0.1, 0.15) is 22.3 Å². The zero-order chi connectivity index (χ0) is 15.1. The van der Waals surface area contributed by atoms with Crippen molar-refractivity contribution in [2.45, 2.75) is 6.42 Å². The van der Waals surface area contributed by atoms with Crippen molar-refractivity contribution in [2.75, 3.05) is 11.9 Å². The quantitative estimate of drug-likeness (QED) is 0.854. The number of aliphatic hydroxyl groups excluding tert-OH is 1. The molecule has 0 saturated heterocycles. The van der Waals surface area contributed by atoms with E-state index < -0.39 is 0 Å². The fraction of sp³-hybridized carbons (Fsp3) is 0.118. The lowest BCUT2D eigenvalue weighted by molar-refractivity contribution is 0.102. The Morgan fingerprint density at radius 1 is 1.19 bits per heavy atom. The number of amides is 1. The van der Waals surface area contributed by atoms with Crippen molar-refractivity contribution in [3.05, 3.63) is 64.7 Å². The van der Waals surface area contributed by atoms with Gasteiger partial charge in [-0.15, -0.1) is 0 Å². The summed E-state index contributed by atoms with van der Waals surface area (Å²) in [7, 11) is 0. The molecule has 0 saturated carbocycles. The van der Waals surface area contributed by atoms with E-state index in [0.717, 1.165) is 5.56 Å². The molecule has 106 valence electrons. The second-order valence-electron chi connectivity index (χ2n) is 4.32. The molecule has 0 unspecified atom stereocenters. The molecule has 1 amide bonds. The summed E-state index contributed by atoms with van der Waals surface area (Å²) in [5.41, 5.74) is 2.00. The Hall–Kier alpha value is -2.28. The van der Waals surface area contributed by atoms with Crippen LogP contribution in [-0.2, 0) is 0 Å². The van der Waals surface area contributed by atoms with Crippen molar-refractivity contribution in [1.29, 1.82) is 0 Å². The predicted molar refractivity (Wildman–Crippen MR) is 84.4 cm³/mol. The maximum absolute atomic E-state index is 12.1. The molecule has 0 spiro atoms. The van der Waals surface area contributed by atoms with Crippen LogP contribution in [0.4, 0.5) is 5.69 Å². The second kappa shape index (κ2) is 7.49. The molecule has 0 bridgehead atoms. The van der Waals surface area contributed by atoms with E-state index in [4.69, 9.17) is 16.7 Å². The zero-order valence-corrected chi connectivity index (χ0v) is 12.0. The van der Waals surface area contributed by atoms with Crippen LogP contribution < -0.4 is 5.32 Å². The van der Waals surface area contributed by atoms with Crippen molar-refractivity contribution < 1.29 is 9.90 Å². The number of anilines is 1. The van der Waals surface area contributed by atoms with Gasteiger partial charge in [0.05, 0.1) is 6.61 Å². The lowest BCUT2D eigenvalue weighted by Crippen LogP contribution is -2.11. The van der Waals surface area contributed by atoms with Crippen LogP contribution >= 0.6 is 11.6 Å². The van der Waals surface area contributed by atoms with Crippen molar-refractivity contribution in [2.24, 2.45) is 0 Å². The second-order valence-corrected chi connectivity index (χ2v) is 4.75. The number of rotatable bonds is 3. The van der Waals surface area contributed by atoms with E-state index in [9.17, 15) is 4.79 Å². The number of halogens is 1. The maximum Gasteiger partial charge on any atom is 0.255 e. The third kappa shape index (κ3) is 4.64. The van der Waals surface area contributed by atoms with Gasteiger partial charge in [-0.25, -0.2) is 0 Å². The summed E-state index contributed by atoms with van der Waals surface area (Å²) in [4.78, 5) is 12.1. The number of carbonyl (C=O) groups excluding carboxylic acids is 1. The number of carbonyl (C=O) groups is 1. The minimum Gasteiger partial charge on any atom is -0.395 e. The number of hydrogen-bond acceptors (Lipinski definition) is 2. The number of hydrogen-bond donors (Lipinski definition) is 2. The highest BCUT2D eigenvalue weighted by atomic mass is 35.5. The molecular formula is C17H14ClNO2. The SMILES string of the molecule is O=C(Nc1cccc(Cl)c1)c1ccc(C#CCCO)cc1. The number of aliphatic hydroxyl groups is 1. The fourth-order valence-corrected chi connectivity index (χ4v) is 1.89. The van der Waals surface area contributed by atoms with E-state index in [0.29, 0.717) is 22.7 Å². The van der Waals surface area contributed by atoms with Gasteiger partial charge in [-0.1, -0.05) is 29.5 Å². The summed E-state index contributed by atoms with van der Waals surface area (Å²) in [6.45, 7) is 0.0487. The molecule has 0 aromatic heterocycles. The van der Waals surface area contributed by atoms with Crippen LogP contribution in [0.25, 0.3) is 0 Å². The molecule has 3 nitrogen and oxygen atoms in total. The standard InChI is InChI=1S/C17H14ClNO2/c18-15-5-3-6-16(12-15)19-17(21)14-9-7-13(8-10-14)4-1-2-11-20/h3,5-10,12,20H,2,11H2,(H,19,21). The van der Waals surface area contributed by atoms with Gasteiger partial charge in [0.15, 0.2) is 0 Å². The van der Waals surface area contributed by atoms with Gasteiger partial charge < -0.3 is 10.4 Å². The summed E-state index contributed by atoms with van der Waals surface area (Å²) in [6, 6.07) is 14.0. The summed E-state index contributed by atoms with van der Waals surface area (Å²) in [5, 5.41) is 12.0. The van der Waals surface area contributed by atoms with E-state index in [1.807, 2.05) is 0 Å². The van der Waals surface area contributed by atoms with Crippen molar-refractivity contribution in [3.8, 4) is 11.8 Å². The Morgan fingerprint density at radius 3 is 2.62 bits per heavy atom. The average molecular weight is 300 g/mol. The van der Waals surface area contributed by atoms with E-state index in [1.54, 1.807) is 48.5 Å². The number of benzene rings is 2. The topological polar surface area (TPSA) is 49.3 Å². The Morgan fingerprint density at radius 2 is 1.95 bits per heavy atom. The van der Waals surface area contributed by atoms with E-state index in [-0.39, 0.29) is 12.5 Å². The largest absolute Gasteiger partial charge is 0.395 e. The van der Waals surface area contributed by atoms with Crippen molar-refractivity contribution in [3.63, 3.8) is 0 Å². The molecule has 0 atom stereocenters. The van der Waals surface area contributed by atoms with Crippen LogP contribution in [0.3, 0.4) is 0 Å². The number of nitrogens with one attached hydrogen (secondary N) is 1. The van der Waals surface area contributed by atoms with E-state index in [2.05, 4.69) is 17.2 Å². The summed E-state index contributed by atoms with van der Waals surface area (Å²) in [6.07, 6.45) is 0.441. The summed E-state index contributed by atoms with van der Waals surface area (Å²) in [5.74, 6) is 5.54. The Bertz CT molecular complexity index is 684. The Balaban J connectivity index is 2.05. The molecule has 0 heterocycles. The molecule has 21 heavy (non-hydrogen) atoms. The normalized spacial score (nSPS) is 9.62. The Kier molecular flexibility index (Phi) is 5.39. The first-order chi connectivity index (χ1) is 10.2. The van der Waals surface area contributed by atoms with Gasteiger partial charge in [0.25, 0.3) is 5.91 Å². The zero-order valence-electron chi connectivity index (χ0n) is 11.3. The van der Waals surface area contributed by atoms with Crippen LogP contribution in [0.5, 0.6) is 0 Å². The molecule has 0 aliphatic rings. The minimum absolute atomic E-state index is 0.0487. The smallest absolute Gasteiger partial charge is 0.255 e. The lowest BCUT2D eigenvalue weighted by atomic mass is 10.1. The fourth-order valence-electron chi connectivity index (χ4n) is 1.69. The first-order valence-electron chi connectivity index (χ1n) is 6.46. The summed E-state index contributed by atoms with van der Waals surface area (Å²) >= 11 is 5.87. The van der Waals surface area contributed by atoms with Gasteiger partial charge in [-0.05, 0) is 42.5 Å². The molecule has 4 heteroatoms. The molecule has 2 rings (SSSR count). The van der Waals surface area contributed by atoms with E-state index in [1.165, 1.54) is 0 Å². The first kappa shape index (κ1) is 15.1. The molecule has 2 aromatic rings. The van der Waals surface area contributed by atoms with Gasteiger partial charge >= 0.3 is 0 Å². The maximum atomic E-state index is 12.1.